The second kappa shape index (κ2) is 11.6. The van der Waals surface area contributed by atoms with Crippen molar-refractivity contribution in [3.05, 3.63) is 83.6 Å². The Morgan fingerprint density at radius 3 is 2.32 bits per heavy atom. The molecule has 1 aliphatic rings. The van der Waals surface area contributed by atoms with Gasteiger partial charge in [0.15, 0.2) is 0 Å². The van der Waals surface area contributed by atoms with Crippen LogP contribution in [0.4, 0.5) is 21.8 Å². The lowest BCUT2D eigenvalue weighted by Gasteiger charge is -2.28. The van der Waals surface area contributed by atoms with E-state index in [2.05, 4.69) is 25.3 Å². The third kappa shape index (κ3) is 6.59. The van der Waals surface area contributed by atoms with Crippen molar-refractivity contribution in [2.45, 2.75) is 30.6 Å². The van der Waals surface area contributed by atoms with E-state index in [-0.39, 0.29) is 10.7 Å². The maximum Gasteiger partial charge on any atom is 0.240 e. The fourth-order valence-electron chi connectivity index (χ4n) is 4.75. The summed E-state index contributed by atoms with van der Waals surface area (Å²) in [7, 11) is -3.55. The molecule has 0 amide bonds. The maximum absolute atomic E-state index is 13.7. The van der Waals surface area contributed by atoms with Crippen molar-refractivity contribution in [2.75, 3.05) is 23.7 Å². The van der Waals surface area contributed by atoms with E-state index in [0.717, 1.165) is 43.1 Å². The highest BCUT2D eigenvalue weighted by atomic mass is 35.5. The summed E-state index contributed by atoms with van der Waals surface area (Å²) in [5.41, 5.74) is 1.41. The zero-order chi connectivity index (χ0) is 26.5. The zero-order valence-corrected chi connectivity index (χ0v) is 22.3. The highest BCUT2D eigenvalue weighted by Crippen LogP contribution is 2.30. The standard InChI is InChI=1S/C28H29ClFN5O2S/c29-21-12-14-24(15-13-21)38(36,37)32-18-20-10-8-19(9-11-20)17-31-28-34-26-7-2-1-6-25(26)27(35-28)33-23-5-3-4-22(30)16-23/h1-7,12-16,19-20,32H,8-11,17-18H2,(H2,31,33,34,35). The molecule has 10 heteroatoms. The zero-order valence-electron chi connectivity index (χ0n) is 20.7. The number of benzene rings is 3. The Morgan fingerprint density at radius 1 is 0.868 bits per heavy atom. The molecule has 38 heavy (non-hydrogen) atoms. The van der Waals surface area contributed by atoms with E-state index in [1.807, 2.05) is 24.3 Å². The van der Waals surface area contributed by atoms with Crippen LogP contribution in [0.2, 0.25) is 5.02 Å². The van der Waals surface area contributed by atoms with Gasteiger partial charge in [-0.25, -0.2) is 22.5 Å². The molecule has 1 heterocycles. The quantitative estimate of drug-likeness (QED) is 0.223. The summed E-state index contributed by atoms with van der Waals surface area (Å²) in [4.78, 5) is 9.56. The van der Waals surface area contributed by atoms with Gasteiger partial charge in [-0.3, -0.25) is 0 Å². The smallest absolute Gasteiger partial charge is 0.240 e. The molecule has 0 aliphatic heterocycles. The molecule has 0 unspecified atom stereocenters. The van der Waals surface area contributed by atoms with Crippen molar-refractivity contribution in [3.8, 4) is 0 Å². The van der Waals surface area contributed by atoms with E-state index in [1.165, 1.54) is 24.3 Å². The fourth-order valence-corrected chi connectivity index (χ4v) is 6.00. The van der Waals surface area contributed by atoms with Crippen molar-refractivity contribution in [2.24, 2.45) is 11.8 Å². The number of rotatable bonds is 9. The second-order valence-corrected chi connectivity index (χ2v) is 11.8. The minimum Gasteiger partial charge on any atom is -0.354 e. The van der Waals surface area contributed by atoms with Crippen LogP contribution in [0, 0.1) is 17.7 Å². The summed E-state index contributed by atoms with van der Waals surface area (Å²) in [6.07, 6.45) is 3.87. The van der Waals surface area contributed by atoms with Gasteiger partial charge in [-0.2, -0.15) is 4.98 Å². The molecular formula is C28H29ClFN5O2S. The number of nitrogens with one attached hydrogen (secondary N) is 3. The molecule has 1 aliphatic carbocycles. The highest BCUT2D eigenvalue weighted by Gasteiger charge is 2.23. The number of aromatic nitrogens is 2. The summed E-state index contributed by atoms with van der Waals surface area (Å²) in [6, 6.07) is 20.2. The summed E-state index contributed by atoms with van der Waals surface area (Å²) < 4.78 is 41.6. The fraction of sp³-hybridized carbons (Fsp3) is 0.286. The monoisotopic (exact) mass is 553 g/mol. The molecule has 1 saturated carbocycles. The molecule has 1 fully saturated rings. The van der Waals surface area contributed by atoms with Crippen molar-refractivity contribution in [3.63, 3.8) is 0 Å². The average molecular weight is 554 g/mol. The van der Waals surface area contributed by atoms with Crippen LogP contribution in [0.15, 0.2) is 77.7 Å². The molecule has 198 valence electrons. The van der Waals surface area contributed by atoms with E-state index < -0.39 is 10.0 Å². The van der Waals surface area contributed by atoms with Gasteiger partial charge >= 0.3 is 0 Å². The first-order valence-electron chi connectivity index (χ1n) is 12.6. The summed E-state index contributed by atoms with van der Waals surface area (Å²) in [5.74, 6) is 1.54. The van der Waals surface area contributed by atoms with E-state index in [1.54, 1.807) is 24.3 Å². The van der Waals surface area contributed by atoms with Gasteiger partial charge in [0.05, 0.1) is 10.4 Å². The van der Waals surface area contributed by atoms with E-state index in [4.69, 9.17) is 11.6 Å². The molecule has 0 saturated heterocycles. The molecule has 3 aromatic carbocycles. The van der Waals surface area contributed by atoms with Gasteiger partial charge in [0.1, 0.15) is 11.6 Å². The van der Waals surface area contributed by atoms with Gasteiger partial charge in [-0.05, 0) is 92.1 Å². The van der Waals surface area contributed by atoms with Gasteiger partial charge in [-0.15, -0.1) is 0 Å². The SMILES string of the molecule is O=S(=O)(NCC1CCC(CNc2nc(Nc3cccc(F)c3)c3ccccc3n2)CC1)c1ccc(Cl)cc1. The third-order valence-corrected chi connectivity index (χ3v) is 8.58. The number of hydrogen-bond acceptors (Lipinski definition) is 6. The number of anilines is 3. The van der Waals surface area contributed by atoms with Crippen LogP contribution in [0.1, 0.15) is 25.7 Å². The van der Waals surface area contributed by atoms with Crippen molar-refractivity contribution in [1.29, 1.82) is 0 Å². The molecule has 7 nitrogen and oxygen atoms in total. The highest BCUT2D eigenvalue weighted by molar-refractivity contribution is 7.89. The van der Waals surface area contributed by atoms with E-state index in [9.17, 15) is 12.8 Å². The van der Waals surface area contributed by atoms with Crippen LogP contribution in [-0.2, 0) is 10.0 Å². The van der Waals surface area contributed by atoms with E-state index >= 15 is 0 Å². The Morgan fingerprint density at radius 2 is 1.58 bits per heavy atom. The molecule has 3 N–H and O–H groups in total. The average Bonchev–Trinajstić information content (AvgIpc) is 2.92. The third-order valence-electron chi connectivity index (χ3n) is 6.89. The summed E-state index contributed by atoms with van der Waals surface area (Å²) in [6.45, 7) is 1.15. The van der Waals surface area contributed by atoms with E-state index in [0.29, 0.717) is 40.9 Å². The van der Waals surface area contributed by atoms with Gasteiger partial charge in [0.2, 0.25) is 16.0 Å². The Kier molecular flexibility index (Phi) is 8.06. The minimum absolute atomic E-state index is 0.224. The number of halogens is 2. The van der Waals surface area contributed by atoms with Crippen LogP contribution in [-0.4, -0.2) is 31.5 Å². The summed E-state index contributed by atoms with van der Waals surface area (Å²) >= 11 is 5.87. The summed E-state index contributed by atoms with van der Waals surface area (Å²) in [5, 5.41) is 7.96. The Labute approximate surface area is 226 Å². The largest absolute Gasteiger partial charge is 0.354 e. The molecule has 5 rings (SSSR count). The second-order valence-electron chi connectivity index (χ2n) is 9.62. The van der Waals surface area contributed by atoms with Crippen LogP contribution >= 0.6 is 11.6 Å². The number of para-hydroxylation sites is 1. The van der Waals surface area contributed by atoms with Gasteiger partial charge in [0.25, 0.3) is 0 Å². The molecule has 1 aromatic heterocycles. The lowest BCUT2D eigenvalue weighted by molar-refractivity contribution is 0.284. The number of hydrogen-bond donors (Lipinski definition) is 3. The Bertz CT molecular complexity index is 1510. The maximum atomic E-state index is 13.7. The number of sulfonamides is 1. The Balaban J connectivity index is 1.16. The molecule has 0 spiro atoms. The molecule has 0 bridgehead atoms. The van der Waals surface area contributed by atoms with Crippen LogP contribution in [0.3, 0.4) is 0 Å². The normalized spacial score (nSPS) is 17.8. The minimum atomic E-state index is -3.55. The van der Waals surface area contributed by atoms with Crippen LogP contribution in [0.5, 0.6) is 0 Å². The molecule has 0 radical (unpaired) electrons. The lowest BCUT2D eigenvalue weighted by atomic mass is 9.82. The van der Waals surface area contributed by atoms with Gasteiger partial charge < -0.3 is 10.6 Å². The first-order chi connectivity index (χ1) is 18.4. The first-order valence-corrected chi connectivity index (χ1v) is 14.5. The predicted octanol–water partition coefficient (Wildman–Crippen LogP) is 6.36. The van der Waals surface area contributed by atoms with Crippen molar-refractivity contribution in [1.82, 2.24) is 14.7 Å². The molecule has 0 atom stereocenters. The van der Waals surface area contributed by atoms with Crippen LogP contribution < -0.4 is 15.4 Å². The first kappa shape index (κ1) is 26.3. The topological polar surface area (TPSA) is 96.0 Å². The van der Waals surface area contributed by atoms with Gasteiger partial charge in [-0.1, -0.05) is 29.8 Å². The number of nitrogens with zero attached hydrogens (tertiary/aromatic N) is 2. The predicted molar refractivity (Wildman–Crippen MR) is 150 cm³/mol. The van der Waals surface area contributed by atoms with Gasteiger partial charge in [0, 0.05) is 29.2 Å². The Hall–Kier alpha value is -3.27. The number of fused-ring (bicyclic) bond motifs is 1. The molecular weight excluding hydrogens is 525 g/mol. The van der Waals surface area contributed by atoms with Crippen LogP contribution in [0.25, 0.3) is 10.9 Å². The van der Waals surface area contributed by atoms with Crippen molar-refractivity contribution >= 4 is 50.0 Å². The van der Waals surface area contributed by atoms with Crippen molar-refractivity contribution < 1.29 is 12.8 Å². The lowest BCUT2D eigenvalue weighted by Crippen LogP contribution is -2.32. The molecule has 4 aromatic rings.